The van der Waals surface area contributed by atoms with Gasteiger partial charge in [0.1, 0.15) is 0 Å². The van der Waals surface area contributed by atoms with Gasteiger partial charge in [0.25, 0.3) is 11.8 Å². The molecule has 0 bridgehead atoms. The Balaban J connectivity index is 1.90. The fourth-order valence-electron chi connectivity index (χ4n) is 2.93. The van der Waals surface area contributed by atoms with Gasteiger partial charge in [-0.2, -0.15) is 0 Å². The summed E-state index contributed by atoms with van der Waals surface area (Å²) in [6, 6.07) is 7.28. The second-order valence-electron chi connectivity index (χ2n) is 6.45. The van der Waals surface area contributed by atoms with E-state index in [-0.39, 0.29) is 25.3 Å². The first kappa shape index (κ1) is 17.5. The van der Waals surface area contributed by atoms with Gasteiger partial charge in [0.2, 0.25) is 0 Å². The number of hydrogen-bond donors (Lipinski definition) is 2. The lowest BCUT2D eigenvalue weighted by Crippen LogP contribution is -2.30. The van der Waals surface area contributed by atoms with E-state index >= 15 is 0 Å². The number of aliphatic hydroxyl groups is 1. The van der Waals surface area contributed by atoms with Crippen LogP contribution in [-0.4, -0.2) is 34.6 Å². The second kappa shape index (κ2) is 6.88. The Morgan fingerprint density at radius 3 is 2.92 bits per heavy atom. The van der Waals surface area contributed by atoms with Crippen molar-refractivity contribution in [1.29, 1.82) is 0 Å². The van der Waals surface area contributed by atoms with Crippen LogP contribution in [0, 0.1) is 0 Å². The number of fused-ring (bicyclic) bond motifs is 1. The van der Waals surface area contributed by atoms with Crippen LogP contribution in [0.1, 0.15) is 42.1 Å². The maximum Gasteiger partial charge on any atom is 0.252 e. The van der Waals surface area contributed by atoms with Gasteiger partial charge in [-0.15, -0.1) is 0 Å². The molecule has 132 valence electrons. The highest BCUT2D eigenvalue weighted by molar-refractivity contribution is 5.99. The third-order valence-corrected chi connectivity index (χ3v) is 4.28. The number of allylic oxidation sites excluding steroid dienone is 2. The van der Waals surface area contributed by atoms with Crippen LogP contribution in [0.4, 0.5) is 8.78 Å². The van der Waals surface area contributed by atoms with Gasteiger partial charge in [-0.3, -0.25) is 9.78 Å². The van der Waals surface area contributed by atoms with Gasteiger partial charge in [0.15, 0.2) is 0 Å². The van der Waals surface area contributed by atoms with Gasteiger partial charge in [-0.25, -0.2) is 8.78 Å². The highest BCUT2D eigenvalue weighted by Crippen LogP contribution is 2.37. The number of halogens is 2. The van der Waals surface area contributed by atoms with Gasteiger partial charge >= 0.3 is 0 Å². The molecule has 1 atom stereocenters. The van der Waals surface area contributed by atoms with Crippen LogP contribution in [0.15, 0.2) is 36.5 Å². The van der Waals surface area contributed by atoms with Gasteiger partial charge in [-0.1, -0.05) is 24.3 Å². The number of hydrogen-bond acceptors (Lipinski definition) is 3. The molecule has 0 saturated carbocycles. The fourth-order valence-corrected chi connectivity index (χ4v) is 2.93. The molecule has 6 heteroatoms. The fraction of sp³-hybridized carbons (Fsp3) is 0.368. The van der Waals surface area contributed by atoms with E-state index in [2.05, 4.69) is 10.3 Å². The molecule has 0 saturated heterocycles. The van der Waals surface area contributed by atoms with E-state index in [0.717, 1.165) is 16.5 Å². The molecule has 3 rings (SSSR count). The van der Waals surface area contributed by atoms with Crippen molar-refractivity contribution in [1.82, 2.24) is 10.3 Å². The van der Waals surface area contributed by atoms with E-state index in [1.54, 1.807) is 19.1 Å². The van der Waals surface area contributed by atoms with Crippen molar-refractivity contribution in [2.75, 3.05) is 6.54 Å². The number of alkyl halides is 2. The molecule has 25 heavy (non-hydrogen) atoms. The minimum absolute atomic E-state index is 0.158. The molecule has 4 nitrogen and oxygen atoms in total. The first-order chi connectivity index (χ1) is 11.9. The van der Waals surface area contributed by atoms with Gasteiger partial charge in [-0.05, 0) is 25.0 Å². The van der Waals surface area contributed by atoms with Crippen LogP contribution in [0.3, 0.4) is 0 Å². The Bertz CT molecular complexity index is 831. The SMILES string of the molecule is CC(O)CNC(=O)c1cnc2c(C3=CCC(F)(F)CC3)cccc2c1. The molecule has 1 aromatic heterocycles. The summed E-state index contributed by atoms with van der Waals surface area (Å²) in [4.78, 5) is 16.5. The molecule has 1 heterocycles. The number of carbonyl (C=O) groups excluding carboxylic acids is 1. The molecular formula is C19H20F2N2O2. The molecule has 1 aliphatic rings. The normalized spacial score (nSPS) is 17.8. The Morgan fingerprint density at radius 1 is 1.44 bits per heavy atom. The molecule has 1 aromatic carbocycles. The summed E-state index contributed by atoms with van der Waals surface area (Å²) in [6.07, 6.45) is 2.34. The van der Waals surface area contributed by atoms with Crippen molar-refractivity contribution >= 4 is 22.4 Å². The van der Waals surface area contributed by atoms with E-state index in [1.807, 2.05) is 18.2 Å². The lowest BCUT2D eigenvalue weighted by Gasteiger charge is -2.22. The summed E-state index contributed by atoms with van der Waals surface area (Å²) in [5.41, 5.74) is 2.81. The van der Waals surface area contributed by atoms with E-state index in [1.165, 1.54) is 6.20 Å². The lowest BCUT2D eigenvalue weighted by molar-refractivity contribution is -0.00602. The number of aliphatic hydroxyl groups excluding tert-OH is 1. The number of carbonyl (C=O) groups is 1. The molecule has 2 N–H and O–H groups in total. The summed E-state index contributed by atoms with van der Waals surface area (Å²) < 4.78 is 26.7. The van der Waals surface area contributed by atoms with Gasteiger partial charge < -0.3 is 10.4 Å². The molecule has 1 aliphatic carbocycles. The van der Waals surface area contributed by atoms with Crippen LogP contribution < -0.4 is 5.32 Å². The average molecular weight is 346 g/mol. The summed E-state index contributed by atoms with van der Waals surface area (Å²) in [5.74, 6) is -2.94. The monoisotopic (exact) mass is 346 g/mol. The first-order valence-electron chi connectivity index (χ1n) is 8.28. The van der Waals surface area contributed by atoms with Crippen molar-refractivity contribution in [3.63, 3.8) is 0 Å². The Morgan fingerprint density at radius 2 is 2.24 bits per heavy atom. The van der Waals surface area contributed by atoms with E-state index in [4.69, 9.17) is 0 Å². The minimum Gasteiger partial charge on any atom is -0.392 e. The predicted octanol–water partition coefficient (Wildman–Crippen LogP) is 3.55. The minimum atomic E-state index is -2.63. The molecule has 0 radical (unpaired) electrons. The van der Waals surface area contributed by atoms with E-state index in [0.29, 0.717) is 17.5 Å². The largest absolute Gasteiger partial charge is 0.392 e. The molecule has 1 unspecified atom stereocenters. The third kappa shape index (κ3) is 4.02. The lowest BCUT2D eigenvalue weighted by atomic mass is 9.90. The number of benzene rings is 1. The van der Waals surface area contributed by atoms with Gasteiger partial charge in [0.05, 0.1) is 17.2 Å². The zero-order valence-electron chi connectivity index (χ0n) is 13.9. The average Bonchev–Trinajstić information content (AvgIpc) is 2.58. The van der Waals surface area contributed by atoms with Crippen molar-refractivity contribution in [3.05, 3.63) is 47.7 Å². The quantitative estimate of drug-likeness (QED) is 0.890. The van der Waals surface area contributed by atoms with Crippen molar-refractivity contribution < 1.29 is 18.7 Å². The molecule has 2 aromatic rings. The zero-order chi connectivity index (χ0) is 18.0. The number of pyridine rings is 1. The number of rotatable bonds is 4. The van der Waals surface area contributed by atoms with Crippen LogP contribution in [0.5, 0.6) is 0 Å². The summed E-state index contributed by atoms with van der Waals surface area (Å²) >= 11 is 0. The second-order valence-corrected chi connectivity index (χ2v) is 6.45. The third-order valence-electron chi connectivity index (χ3n) is 4.28. The summed E-state index contributed by atoms with van der Waals surface area (Å²) in [5, 5.41) is 12.7. The number of nitrogens with one attached hydrogen (secondary N) is 1. The van der Waals surface area contributed by atoms with Crippen LogP contribution in [0.2, 0.25) is 0 Å². The Hall–Kier alpha value is -2.34. The molecule has 0 fully saturated rings. The van der Waals surface area contributed by atoms with Crippen LogP contribution in [0.25, 0.3) is 16.5 Å². The van der Waals surface area contributed by atoms with E-state index < -0.39 is 12.0 Å². The predicted molar refractivity (Wildman–Crippen MR) is 92.5 cm³/mol. The number of aromatic nitrogens is 1. The van der Waals surface area contributed by atoms with Crippen LogP contribution >= 0.6 is 0 Å². The number of amides is 1. The van der Waals surface area contributed by atoms with Crippen LogP contribution in [-0.2, 0) is 0 Å². The highest BCUT2D eigenvalue weighted by atomic mass is 19.3. The topological polar surface area (TPSA) is 62.2 Å². The molecule has 1 amide bonds. The maximum absolute atomic E-state index is 13.4. The smallest absolute Gasteiger partial charge is 0.252 e. The molecule has 0 spiro atoms. The Kier molecular flexibility index (Phi) is 4.81. The summed E-state index contributed by atoms with van der Waals surface area (Å²) in [6.45, 7) is 1.75. The Labute approximate surface area is 144 Å². The maximum atomic E-state index is 13.4. The highest BCUT2D eigenvalue weighted by Gasteiger charge is 2.31. The summed E-state index contributed by atoms with van der Waals surface area (Å²) in [7, 11) is 0. The first-order valence-corrected chi connectivity index (χ1v) is 8.28. The number of nitrogens with zero attached hydrogens (tertiary/aromatic N) is 1. The van der Waals surface area contributed by atoms with Crippen molar-refractivity contribution in [2.45, 2.75) is 38.2 Å². The zero-order valence-corrected chi connectivity index (χ0v) is 13.9. The van der Waals surface area contributed by atoms with Crippen molar-refractivity contribution in [3.8, 4) is 0 Å². The van der Waals surface area contributed by atoms with Crippen molar-refractivity contribution in [2.24, 2.45) is 0 Å². The standard InChI is InChI=1S/C19H20F2N2O2/c1-12(24)10-23-18(25)15-9-14-3-2-4-16(17(14)22-11-15)13-5-7-19(20,21)8-6-13/h2-5,9,11-12,24H,6-8,10H2,1H3,(H,23,25). The molecule has 0 aliphatic heterocycles. The van der Waals surface area contributed by atoms with Gasteiger partial charge in [0, 0.05) is 36.5 Å². The molecular weight excluding hydrogens is 326 g/mol. The number of para-hydroxylation sites is 1. The van der Waals surface area contributed by atoms with E-state index in [9.17, 15) is 18.7 Å².